The van der Waals surface area contributed by atoms with Crippen LogP contribution in [0.5, 0.6) is 5.75 Å². The summed E-state index contributed by atoms with van der Waals surface area (Å²) in [7, 11) is -0.248. The molecule has 3 aromatic carbocycles. The average molecular weight is 438 g/mol. The Morgan fingerprint density at radius 3 is 1.80 bits per heavy atom. The van der Waals surface area contributed by atoms with Gasteiger partial charge in [-0.3, -0.25) is 9.59 Å². The summed E-state index contributed by atoms with van der Waals surface area (Å²) < 4.78 is 5.64. The molecule has 0 aliphatic carbocycles. The van der Waals surface area contributed by atoms with Crippen molar-refractivity contribution in [1.29, 1.82) is 0 Å². The van der Waals surface area contributed by atoms with E-state index < -0.39 is 0 Å². The van der Waals surface area contributed by atoms with Gasteiger partial charge in [0.15, 0.2) is 19.8 Å². The van der Waals surface area contributed by atoms with Gasteiger partial charge >= 0.3 is 5.97 Å². The zero-order chi connectivity index (χ0) is 21.5. The molecule has 0 atom stereocenters. The third kappa shape index (κ3) is 5.77. The van der Waals surface area contributed by atoms with Gasteiger partial charge in [-0.2, -0.15) is 0 Å². The molecule has 0 fully saturated rings. The first kappa shape index (κ1) is 22.2. The molecule has 0 bridgehead atoms. The Kier molecular flexibility index (Phi) is 7.77. The molecule has 0 saturated heterocycles. The van der Waals surface area contributed by atoms with Crippen molar-refractivity contribution in [2.75, 3.05) is 5.75 Å². The van der Waals surface area contributed by atoms with Gasteiger partial charge in [0.1, 0.15) is 5.75 Å². The summed E-state index contributed by atoms with van der Waals surface area (Å²) >= 11 is 1.14. The summed E-state index contributed by atoms with van der Waals surface area (Å²) in [6.45, 7) is 5.45. The van der Waals surface area contributed by atoms with Crippen LogP contribution in [0.25, 0.3) is 0 Å². The number of benzene rings is 3. The first-order chi connectivity index (χ1) is 14.5. The minimum atomic E-state index is -0.312. The summed E-state index contributed by atoms with van der Waals surface area (Å²) in [6, 6.07) is 25.2. The molecule has 0 N–H and O–H groups in total. The number of ether oxygens (including phenoxy) is 1. The second-order valence-corrected chi connectivity index (χ2v) is 10.2. The number of hydrogen-bond donors (Lipinski definition) is 0. The van der Waals surface area contributed by atoms with Crippen molar-refractivity contribution in [1.82, 2.24) is 0 Å². The highest BCUT2D eigenvalue weighted by molar-refractivity contribution is 8.13. The van der Waals surface area contributed by atoms with Crippen LogP contribution in [0.3, 0.4) is 0 Å². The van der Waals surface area contributed by atoms with E-state index in [4.69, 9.17) is 4.74 Å². The Labute approximate surface area is 185 Å². The maximum Gasteiger partial charge on any atom is 0.312 e. The smallest absolute Gasteiger partial charge is 0.312 e. The molecule has 0 aliphatic heterocycles. The summed E-state index contributed by atoms with van der Waals surface area (Å²) in [5.74, 6) is 0.740. The Morgan fingerprint density at radius 1 is 0.833 bits per heavy atom. The maximum absolute atomic E-state index is 12.2. The number of carbonyl (C=O) groups excluding carboxylic acids is 2. The van der Waals surface area contributed by atoms with Crippen LogP contribution in [0.1, 0.15) is 24.5 Å². The van der Waals surface area contributed by atoms with E-state index in [0.717, 1.165) is 22.9 Å². The van der Waals surface area contributed by atoms with Crippen molar-refractivity contribution >= 4 is 33.7 Å². The predicted octanol–water partition coefficient (Wildman–Crippen LogP) is 5.97. The van der Waals surface area contributed by atoms with Crippen LogP contribution in [0.2, 0.25) is 0 Å². The number of aryl methyl sites for hydroxylation is 2. The quantitative estimate of drug-likeness (QED) is 0.259. The summed E-state index contributed by atoms with van der Waals surface area (Å²) in [6.07, 6.45) is 0.212. The number of carbonyl (C=O) groups is 2. The molecular formula is C25H25O3S2+. The van der Waals surface area contributed by atoms with Crippen LogP contribution in [0.15, 0.2) is 87.5 Å². The first-order valence-electron chi connectivity index (χ1n) is 9.75. The fraction of sp³-hybridized carbons (Fsp3) is 0.200. The van der Waals surface area contributed by atoms with Gasteiger partial charge in [0.25, 0.3) is 0 Å². The highest BCUT2D eigenvalue weighted by Crippen LogP contribution is 2.35. The lowest BCUT2D eigenvalue weighted by Gasteiger charge is -2.14. The highest BCUT2D eigenvalue weighted by atomic mass is 32.2. The Hall–Kier alpha value is -2.50. The molecule has 30 heavy (non-hydrogen) atoms. The molecule has 0 amide bonds. The zero-order valence-electron chi connectivity index (χ0n) is 17.4. The van der Waals surface area contributed by atoms with Crippen LogP contribution < -0.4 is 4.74 Å². The van der Waals surface area contributed by atoms with Gasteiger partial charge in [-0.15, -0.1) is 0 Å². The number of esters is 1. The molecule has 5 heteroatoms. The van der Waals surface area contributed by atoms with E-state index in [1.807, 2.05) is 26.0 Å². The fourth-order valence-electron chi connectivity index (χ4n) is 3.15. The van der Waals surface area contributed by atoms with Crippen LogP contribution in [-0.4, -0.2) is 16.8 Å². The Bertz CT molecular complexity index is 955. The molecule has 3 rings (SSSR count). The van der Waals surface area contributed by atoms with Crippen molar-refractivity contribution in [2.24, 2.45) is 0 Å². The van der Waals surface area contributed by atoms with Crippen LogP contribution in [0.4, 0.5) is 0 Å². The first-order valence-corrected chi connectivity index (χ1v) is 12.0. The maximum atomic E-state index is 12.2. The minimum Gasteiger partial charge on any atom is -0.426 e. The monoisotopic (exact) mass is 437 g/mol. The van der Waals surface area contributed by atoms with Gasteiger partial charge in [0.05, 0.1) is 17.3 Å². The summed E-state index contributed by atoms with van der Waals surface area (Å²) in [4.78, 5) is 26.9. The normalized spacial score (nSPS) is 10.8. The van der Waals surface area contributed by atoms with Crippen molar-refractivity contribution < 1.29 is 14.3 Å². The number of rotatable bonds is 7. The van der Waals surface area contributed by atoms with E-state index in [9.17, 15) is 9.59 Å². The highest BCUT2D eigenvalue weighted by Gasteiger charge is 2.29. The van der Waals surface area contributed by atoms with E-state index in [1.165, 1.54) is 21.6 Å². The van der Waals surface area contributed by atoms with E-state index in [-0.39, 0.29) is 28.4 Å². The van der Waals surface area contributed by atoms with Crippen molar-refractivity contribution in [2.45, 2.75) is 41.9 Å². The number of hydrogen-bond acceptors (Lipinski definition) is 4. The van der Waals surface area contributed by atoms with Crippen LogP contribution >= 0.6 is 11.8 Å². The van der Waals surface area contributed by atoms with Crippen molar-refractivity contribution in [3.8, 4) is 5.75 Å². The molecule has 0 aromatic heterocycles. The summed E-state index contributed by atoms with van der Waals surface area (Å²) in [5, 5.41) is 0.00775. The molecule has 3 nitrogen and oxygen atoms in total. The van der Waals surface area contributed by atoms with Gasteiger partial charge in [0.2, 0.25) is 0 Å². The Morgan fingerprint density at radius 2 is 1.33 bits per heavy atom. The lowest BCUT2D eigenvalue weighted by atomic mass is 10.1. The molecule has 0 unspecified atom stereocenters. The standard InChI is InChI=1S/C25H25O3S2/c1-18-16-23(17-19(2)25(18)28-24(27)14-15-29-20(3)26)30(21-10-6-4-7-11-21)22-12-8-5-9-13-22/h4-13,16-17H,14-15H2,1-3H3/q+1. The zero-order valence-corrected chi connectivity index (χ0v) is 19.0. The predicted molar refractivity (Wildman–Crippen MR) is 124 cm³/mol. The Balaban J connectivity index is 1.90. The minimum absolute atomic E-state index is 0.00775. The second-order valence-electron chi connectivity index (χ2n) is 6.88. The number of thioether (sulfide) groups is 1. The van der Waals surface area contributed by atoms with E-state index in [0.29, 0.717) is 11.5 Å². The van der Waals surface area contributed by atoms with Gasteiger partial charge in [-0.05, 0) is 49.2 Å². The van der Waals surface area contributed by atoms with Crippen molar-refractivity contribution in [3.05, 3.63) is 83.9 Å². The van der Waals surface area contributed by atoms with Crippen LogP contribution in [-0.2, 0) is 20.5 Å². The van der Waals surface area contributed by atoms with E-state index in [1.54, 1.807) is 0 Å². The molecule has 0 radical (unpaired) electrons. The third-order valence-corrected chi connectivity index (χ3v) is 7.46. The lowest BCUT2D eigenvalue weighted by Crippen LogP contribution is -2.12. The molecule has 0 spiro atoms. The van der Waals surface area contributed by atoms with E-state index >= 15 is 0 Å². The van der Waals surface area contributed by atoms with Gasteiger partial charge in [-0.1, -0.05) is 48.2 Å². The van der Waals surface area contributed by atoms with Gasteiger partial charge in [-0.25, -0.2) is 0 Å². The largest absolute Gasteiger partial charge is 0.426 e. The van der Waals surface area contributed by atoms with Crippen molar-refractivity contribution in [3.63, 3.8) is 0 Å². The molecule has 154 valence electrons. The topological polar surface area (TPSA) is 43.4 Å². The van der Waals surface area contributed by atoms with Gasteiger partial charge < -0.3 is 4.74 Å². The summed E-state index contributed by atoms with van der Waals surface area (Å²) in [5.41, 5.74) is 1.86. The molecule has 0 heterocycles. The SMILES string of the molecule is CC(=O)SCCC(=O)Oc1c(C)cc([S+](c2ccccc2)c2ccccc2)cc1C. The molecule has 0 saturated carbocycles. The van der Waals surface area contributed by atoms with Crippen LogP contribution in [0, 0.1) is 13.8 Å². The molecule has 3 aromatic rings. The average Bonchev–Trinajstić information content (AvgIpc) is 2.72. The lowest BCUT2D eigenvalue weighted by molar-refractivity contribution is -0.134. The molecule has 0 aliphatic rings. The van der Waals surface area contributed by atoms with Gasteiger partial charge in [0, 0.05) is 24.8 Å². The second kappa shape index (κ2) is 10.5. The fourth-order valence-corrected chi connectivity index (χ4v) is 5.97. The molecular weight excluding hydrogens is 412 g/mol. The third-order valence-electron chi connectivity index (χ3n) is 4.45. The van der Waals surface area contributed by atoms with E-state index in [2.05, 4.69) is 60.7 Å².